The van der Waals surface area contributed by atoms with Gasteiger partial charge in [0, 0.05) is 24.2 Å². The number of hydrogen-bond donors (Lipinski definition) is 3. The lowest BCUT2D eigenvalue weighted by atomic mass is 9.80. The summed E-state index contributed by atoms with van der Waals surface area (Å²) in [4.78, 5) is 24.9. The van der Waals surface area contributed by atoms with Crippen molar-refractivity contribution in [1.29, 1.82) is 0 Å². The van der Waals surface area contributed by atoms with Crippen LogP contribution in [0.25, 0.3) is 0 Å². The van der Waals surface area contributed by atoms with Crippen LogP contribution in [-0.2, 0) is 14.3 Å². The molecule has 9 atom stereocenters. The third-order valence-electron chi connectivity index (χ3n) is 6.21. The summed E-state index contributed by atoms with van der Waals surface area (Å²) >= 11 is 0. The fourth-order valence-electron chi connectivity index (χ4n) is 3.77. The Balaban J connectivity index is 3.14. The van der Waals surface area contributed by atoms with Crippen molar-refractivity contribution < 1.29 is 29.6 Å². The number of rotatable bonds is 1. The first-order valence-corrected chi connectivity index (χ1v) is 9.80. The molecule has 0 amide bonds. The van der Waals surface area contributed by atoms with Gasteiger partial charge in [0.05, 0.1) is 24.2 Å². The first-order chi connectivity index (χ1) is 12.0. The van der Waals surface area contributed by atoms with Crippen LogP contribution in [0, 0.1) is 29.6 Å². The van der Waals surface area contributed by atoms with E-state index < -0.39 is 54.1 Å². The van der Waals surface area contributed by atoms with Crippen LogP contribution >= 0.6 is 0 Å². The quantitative estimate of drug-likeness (QED) is 0.608. The van der Waals surface area contributed by atoms with Gasteiger partial charge < -0.3 is 20.1 Å². The van der Waals surface area contributed by atoms with Crippen LogP contribution in [0.5, 0.6) is 0 Å². The van der Waals surface area contributed by atoms with Crippen molar-refractivity contribution in [3.63, 3.8) is 0 Å². The van der Waals surface area contributed by atoms with E-state index in [0.29, 0.717) is 12.8 Å². The fraction of sp³-hybridized carbons (Fsp3) is 0.900. The summed E-state index contributed by atoms with van der Waals surface area (Å²) in [5.74, 6) is -3.09. The second kappa shape index (κ2) is 9.81. The van der Waals surface area contributed by atoms with Crippen molar-refractivity contribution in [2.45, 2.75) is 85.2 Å². The van der Waals surface area contributed by atoms with E-state index in [4.69, 9.17) is 4.74 Å². The molecule has 1 saturated heterocycles. The Kier molecular flexibility index (Phi) is 8.70. The van der Waals surface area contributed by atoms with Crippen LogP contribution in [0.3, 0.4) is 0 Å². The summed E-state index contributed by atoms with van der Waals surface area (Å²) in [5.41, 5.74) is 0. The Morgan fingerprint density at radius 3 is 1.96 bits per heavy atom. The third kappa shape index (κ3) is 5.27. The molecular formula is C20H36O6. The summed E-state index contributed by atoms with van der Waals surface area (Å²) < 4.78 is 5.55. The minimum absolute atomic E-state index is 0.0665. The van der Waals surface area contributed by atoms with Crippen molar-refractivity contribution in [3.05, 3.63) is 0 Å². The topological polar surface area (TPSA) is 104 Å². The molecule has 1 rings (SSSR count). The van der Waals surface area contributed by atoms with Gasteiger partial charge in [-0.2, -0.15) is 0 Å². The summed E-state index contributed by atoms with van der Waals surface area (Å²) in [5, 5.41) is 31.6. The molecule has 152 valence electrons. The van der Waals surface area contributed by atoms with Crippen molar-refractivity contribution in [2.24, 2.45) is 29.6 Å². The Labute approximate surface area is 156 Å². The number of cyclic esters (lactones) is 1. The molecule has 3 N–H and O–H groups in total. The van der Waals surface area contributed by atoms with E-state index in [1.165, 1.54) is 0 Å². The van der Waals surface area contributed by atoms with Crippen molar-refractivity contribution >= 4 is 11.8 Å². The lowest BCUT2D eigenvalue weighted by Crippen LogP contribution is -2.44. The molecule has 0 aliphatic carbocycles. The zero-order valence-electron chi connectivity index (χ0n) is 16.9. The summed E-state index contributed by atoms with van der Waals surface area (Å²) in [6.45, 7) is 10.4. The zero-order chi connectivity index (χ0) is 20.2. The molecule has 0 aromatic heterocycles. The van der Waals surface area contributed by atoms with E-state index in [2.05, 4.69) is 0 Å². The molecule has 1 fully saturated rings. The number of ether oxygens (including phenoxy) is 1. The molecular weight excluding hydrogens is 336 g/mol. The molecule has 0 bridgehead atoms. The van der Waals surface area contributed by atoms with Gasteiger partial charge in [0.1, 0.15) is 11.9 Å². The largest absolute Gasteiger partial charge is 0.462 e. The zero-order valence-corrected chi connectivity index (χ0v) is 16.9. The molecule has 6 heteroatoms. The predicted octanol–water partition coefficient (Wildman–Crippen LogP) is 1.93. The highest BCUT2D eigenvalue weighted by Crippen LogP contribution is 2.29. The molecule has 0 spiro atoms. The van der Waals surface area contributed by atoms with Gasteiger partial charge in [-0.25, -0.2) is 0 Å². The van der Waals surface area contributed by atoms with Gasteiger partial charge in [0.25, 0.3) is 0 Å². The SMILES string of the molecule is CCC1OC(=O)[C@H](C)[C@@H](O)[C@H](C)[C@@H](O)C(C)CCC(=O)[C@H](C)[C@@H](O)[C@H]1C. The van der Waals surface area contributed by atoms with Gasteiger partial charge in [-0.15, -0.1) is 0 Å². The fourth-order valence-corrected chi connectivity index (χ4v) is 3.77. The lowest BCUT2D eigenvalue weighted by Gasteiger charge is -2.34. The third-order valence-corrected chi connectivity index (χ3v) is 6.21. The smallest absolute Gasteiger partial charge is 0.311 e. The summed E-state index contributed by atoms with van der Waals surface area (Å²) in [7, 11) is 0. The number of hydrogen-bond acceptors (Lipinski definition) is 6. The normalized spacial score (nSPS) is 44.3. The molecule has 1 aliphatic heterocycles. The molecule has 2 unspecified atom stereocenters. The van der Waals surface area contributed by atoms with Gasteiger partial charge in [-0.3, -0.25) is 9.59 Å². The van der Waals surface area contributed by atoms with E-state index in [0.717, 1.165) is 0 Å². The Bertz CT molecular complexity index is 479. The number of aliphatic hydroxyl groups excluding tert-OH is 3. The predicted molar refractivity (Wildman–Crippen MR) is 98.3 cm³/mol. The van der Waals surface area contributed by atoms with Crippen molar-refractivity contribution in [3.8, 4) is 0 Å². The van der Waals surface area contributed by atoms with E-state index in [1.807, 2.05) is 13.8 Å². The standard InChI is InChI=1S/C20H36O6/c1-7-16-12(4)18(23)11(3)15(21)9-8-10(2)17(22)13(5)19(24)14(6)20(25)26-16/h10-14,16-19,22-24H,7-9H2,1-6H3/t10?,11-,12-,13+,14+,16?,17-,18+,19-/m0/s1. The monoisotopic (exact) mass is 372 g/mol. The van der Waals surface area contributed by atoms with Crippen LogP contribution < -0.4 is 0 Å². The number of esters is 1. The second-order valence-electron chi connectivity index (χ2n) is 8.13. The van der Waals surface area contributed by atoms with Crippen LogP contribution in [0.1, 0.15) is 60.8 Å². The number of ketones is 1. The average Bonchev–Trinajstić information content (AvgIpc) is 2.64. The number of carbonyl (C=O) groups is 2. The van der Waals surface area contributed by atoms with Crippen LogP contribution in [-0.4, -0.2) is 51.5 Å². The molecule has 1 heterocycles. The van der Waals surface area contributed by atoms with Gasteiger partial charge in [0.2, 0.25) is 0 Å². The maximum atomic E-state index is 12.5. The number of aliphatic hydroxyl groups is 3. The molecule has 0 aromatic rings. The summed E-state index contributed by atoms with van der Waals surface area (Å²) in [6, 6.07) is 0. The molecule has 26 heavy (non-hydrogen) atoms. The highest BCUT2D eigenvalue weighted by molar-refractivity contribution is 5.81. The van der Waals surface area contributed by atoms with Crippen molar-refractivity contribution in [2.75, 3.05) is 0 Å². The van der Waals surface area contributed by atoms with Gasteiger partial charge in [-0.1, -0.05) is 34.6 Å². The molecule has 0 saturated carbocycles. The van der Waals surface area contributed by atoms with E-state index in [-0.39, 0.29) is 18.1 Å². The second-order valence-corrected chi connectivity index (χ2v) is 8.13. The lowest BCUT2D eigenvalue weighted by molar-refractivity contribution is -0.166. The van der Waals surface area contributed by atoms with Gasteiger partial charge >= 0.3 is 5.97 Å². The number of Topliss-reactive ketones (excluding diaryl/α,β-unsaturated/α-hetero) is 1. The van der Waals surface area contributed by atoms with E-state index >= 15 is 0 Å². The number of carbonyl (C=O) groups excluding carboxylic acids is 2. The minimum atomic E-state index is -1.05. The van der Waals surface area contributed by atoms with E-state index in [9.17, 15) is 24.9 Å². The summed E-state index contributed by atoms with van der Waals surface area (Å²) in [6.07, 6.45) is -2.10. The first kappa shape index (κ1) is 23.1. The van der Waals surface area contributed by atoms with E-state index in [1.54, 1.807) is 27.7 Å². The molecule has 6 nitrogen and oxygen atoms in total. The van der Waals surface area contributed by atoms with Crippen LogP contribution in [0.15, 0.2) is 0 Å². The highest BCUT2D eigenvalue weighted by Gasteiger charge is 2.38. The van der Waals surface area contributed by atoms with Crippen molar-refractivity contribution in [1.82, 2.24) is 0 Å². The van der Waals surface area contributed by atoms with Gasteiger partial charge in [-0.05, 0) is 25.7 Å². The first-order valence-electron chi connectivity index (χ1n) is 9.80. The van der Waals surface area contributed by atoms with Crippen LogP contribution in [0.2, 0.25) is 0 Å². The Morgan fingerprint density at radius 2 is 1.42 bits per heavy atom. The van der Waals surface area contributed by atoms with Gasteiger partial charge in [0.15, 0.2) is 0 Å². The molecule has 1 aliphatic rings. The molecule has 0 aromatic carbocycles. The highest BCUT2D eigenvalue weighted by atomic mass is 16.5. The maximum absolute atomic E-state index is 12.5. The average molecular weight is 373 g/mol. The molecule has 0 radical (unpaired) electrons. The Hall–Kier alpha value is -0.980. The maximum Gasteiger partial charge on any atom is 0.311 e. The minimum Gasteiger partial charge on any atom is -0.462 e. The van der Waals surface area contributed by atoms with Crippen LogP contribution in [0.4, 0.5) is 0 Å². The Morgan fingerprint density at radius 1 is 0.885 bits per heavy atom.